The Labute approximate surface area is 79.2 Å². The molecule has 0 amide bonds. The molecule has 0 unspecified atom stereocenters. The molecule has 0 bridgehead atoms. The smallest absolute Gasteiger partial charge is 0.174 e. The summed E-state index contributed by atoms with van der Waals surface area (Å²) in [6.07, 6.45) is 0. The molecule has 0 saturated carbocycles. The molecule has 0 aliphatic heterocycles. The number of thiazole rings is 1. The fourth-order valence-corrected chi connectivity index (χ4v) is 1.78. The van der Waals surface area contributed by atoms with E-state index in [4.69, 9.17) is 10.00 Å². The molecule has 0 fully saturated rings. The maximum Gasteiger partial charge on any atom is 0.174 e. The predicted octanol–water partition coefficient (Wildman–Crippen LogP) is 2.20. The van der Waals surface area contributed by atoms with Crippen LogP contribution in [0.2, 0.25) is 0 Å². The van der Waals surface area contributed by atoms with Gasteiger partial charge in [-0.3, -0.25) is 0 Å². The highest BCUT2D eigenvalue weighted by Gasteiger charge is 2.02. The van der Waals surface area contributed by atoms with Crippen molar-refractivity contribution in [3.63, 3.8) is 0 Å². The Hall–Kier alpha value is -1.60. The molecule has 4 heteroatoms. The van der Waals surface area contributed by atoms with Crippen molar-refractivity contribution < 1.29 is 4.74 Å². The number of para-hydroxylation sites is 1. The first-order valence-electron chi connectivity index (χ1n) is 3.74. The fraction of sp³-hybridized carbons (Fsp3) is 0.111. The summed E-state index contributed by atoms with van der Waals surface area (Å²) < 4.78 is 6.29. The minimum absolute atomic E-state index is 0.0661. The number of nitrogens with zero attached hydrogens (tertiary/aromatic N) is 2. The molecule has 0 aliphatic rings. The number of hydrogen-bond donors (Lipinski definition) is 0. The van der Waals surface area contributed by atoms with Crippen molar-refractivity contribution in [2.24, 2.45) is 0 Å². The molecule has 1 aromatic carbocycles. The molecule has 0 radical (unpaired) electrons. The van der Waals surface area contributed by atoms with Crippen LogP contribution in [0.5, 0.6) is 5.75 Å². The van der Waals surface area contributed by atoms with Crippen LogP contribution in [-0.4, -0.2) is 11.6 Å². The van der Waals surface area contributed by atoms with Crippen molar-refractivity contribution in [1.82, 2.24) is 4.98 Å². The van der Waals surface area contributed by atoms with Crippen LogP contribution in [0.25, 0.3) is 10.2 Å². The van der Waals surface area contributed by atoms with E-state index in [0.29, 0.717) is 5.75 Å². The number of nitriles is 1. The third kappa shape index (κ3) is 1.46. The Morgan fingerprint density at radius 3 is 3.31 bits per heavy atom. The molecule has 0 aliphatic carbocycles. The molecule has 0 N–H and O–H groups in total. The Kier molecular flexibility index (Phi) is 2.11. The van der Waals surface area contributed by atoms with Gasteiger partial charge in [0.2, 0.25) is 0 Å². The second kappa shape index (κ2) is 3.42. The standard InChI is InChI=1S/C9H6N2OS/c10-4-5-12-7-2-1-3-8-9(7)11-6-13-8/h1-3,6H,5H2. The molecule has 2 aromatic rings. The maximum absolute atomic E-state index is 8.36. The number of hydrogen-bond acceptors (Lipinski definition) is 4. The van der Waals surface area contributed by atoms with Crippen LogP contribution in [0.3, 0.4) is 0 Å². The van der Waals surface area contributed by atoms with Crippen molar-refractivity contribution in [1.29, 1.82) is 5.26 Å². The van der Waals surface area contributed by atoms with Crippen LogP contribution in [0.15, 0.2) is 23.7 Å². The number of fused-ring (bicyclic) bond motifs is 1. The summed E-state index contributed by atoms with van der Waals surface area (Å²) in [4.78, 5) is 4.16. The van der Waals surface area contributed by atoms with E-state index >= 15 is 0 Å². The lowest BCUT2D eigenvalue weighted by Gasteiger charge is -2.00. The van der Waals surface area contributed by atoms with E-state index in [9.17, 15) is 0 Å². The fourth-order valence-electron chi connectivity index (χ4n) is 1.09. The van der Waals surface area contributed by atoms with Gasteiger partial charge in [-0.1, -0.05) is 6.07 Å². The van der Waals surface area contributed by atoms with Crippen LogP contribution in [0.4, 0.5) is 0 Å². The van der Waals surface area contributed by atoms with Crippen molar-refractivity contribution >= 4 is 21.6 Å². The normalized spacial score (nSPS) is 9.77. The Bertz CT molecular complexity index is 458. The molecule has 64 valence electrons. The highest BCUT2D eigenvalue weighted by molar-refractivity contribution is 7.16. The van der Waals surface area contributed by atoms with E-state index in [2.05, 4.69) is 4.98 Å². The first-order valence-corrected chi connectivity index (χ1v) is 4.62. The van der Waals surface area contributed by atoms with Crippen LogP contribution < -0.4 is 4.74 Å². The first-order chi connectivity index (χ1) is 6.42. The van der Waals surface area contributed by atoms with Gasteiger partial charge in [-0.15, -0.1) is 11.3 Å². The Balaban J connectivity index is 2.44. The summed E-state index contributed by atoms with van der Waals surface area (Å²) in [6.45, 7) is 0.0661. The lowest BCUT2D eigenvalue weighted by molar-refractivity contribution is 0.372. The summed E-state index contributed by atoms with van der Waals surface area (Å²) in [5, 5.41) is 8.36. The van der Waals surface area contributed by atoms with Gasteiger partial charge in [0.1, 0.15) is 17.3 Å². The van der Waals surface area contributed by atoms with E-state index in [-0.39, 0.29) is 6.61 Å². The molecule has 0 spiro atoms. The highest BCUT2D eigenvalue weighted by Crippen LogP contribution is 2.26. The van der Waals surface area contributed by atoms with Gasteiger partial charge in [0.25, 0.3) is 0 Å². The van der Waals surface area contributed by atoms with E-state index in [1.165, 1.54) is 0 Å². The van der Waals surface area contributed by atoms with E-state index in [0.717, 1.165) is 10.2 Å². The van der Waals surface area contributed by atoms with E-state index in [1.807, 2.05) is 24.3 Å². The molecular weight excluding hydrogens is 184 g/mol. The predicted molar refractivity (Wildman–Crippen MR) is 50.7 cm³/mol. The monoisotopic (exact) mass is 190 g/mol. The molecule has 2 rings (SSSR count). The SMILES string of the molecule is N#CCOc1cccc2scnc12. The maximum atomic E-state index is 8.36. The molecule has 3 nitrogen and oxygen atoms in total. The summed E-state index contributed by atoms with van der Waals surface area (Å²) >= 11 is 1.56. The number of aromatic nitrogens is 1. The van der Waals surface area contributed by atoms with Crippen molar-refractivity contribution in [3.8, 4) is 11.8 Å². The van der Waals surface area contributed by atoms with Gasteiger partial charge in [-0.2, -0.15) is 5.26 Å². The zero-order valence-corrected chi connectivity index (χ0v) is 7.54. The quantitative estimate of drug-likeness (QED) is 0.729. The summed E-state index contributed by atoms with van der Waals surface area (Å²) in [5.41, 5.74) is 2.60. The molecule has 13 heavy (non-hydrogen) atoms. The highest BCUT2D eigenvalue weighted by atomic mass is 32.1. The topological polar surface area (TPSA) is 45.9 Å². The first kappa shape index (κ1) is 8.02. The van der Waals surface area contributed by atoms with Crippen LogP contribution in [0.1, 0.15) is 0 Å². The summed E-state index contributed by atoms with van der Waals surface area (Å²) in [6, 6.07) is 7.62. The van der Waals surface area contributed by atoms with Crippen LogP contribution >= 0.6 is 11.3 Å². The Morgan fingerprint density at radius 2 is 2.46 bits per heavy atom. The molecule has 1 aromatic heterocycles. The van der Waals surface area contributed by atoms with Gasteiger partial charge in [0.15, 0.2) is 6.61 Å². The summed E-state index contributed by atoms with van der Waals surface area (Å²) in [5.74, 6) is 0.681. The molecule has 0 atom stereocenters. The van der Waals surface area contributed by atoms with Crippen molar-refractivity contribution in [3.05, 3.63) is 23.7 Å². The van der Waals surface area contributed by atoms with Crippen LogP contribution in [-0.2, 0) is 0 Å². The average Bonchev–Trinajstić information content (AvgIpc) is 2.62. The second-order valence-corrected chi connectivity index (χ2v) is 3.29. The molecular formula is C9H6N2OS. The van der Waals surface area contributed by atoms with Gasteiger partial charge in [-0.25, -0.2) is 4.98 Å². The Morgan fingerprint density at radius 1 is 1.54 bits per heavy atom. The van der Waals surface area contributed by atoms with Crippen molar-refractivity contribution in [2.75, 3.05) is 6.61 Å². The zero-order valence-electron chi connectivity index (χ0n) is 6.73. The van der Waals surface area contributed by atoms with Gasteiger partial charge >= 0.3 is 0 Å². The third-order valence-corrected chi connectivity index (χ3v) is 2.41. The zero-order chi connectivity index (χ0) is 9.10. The summed E-state index contributed by atoms with van der Waals surface area (Å²) in [7, 11) is 0. The number of ether oxygens (including phenoxy) is 1. The number of rotatable bonds is 2. The van der Waals surface area contributed by atoms with Crippen LogP contribution in [0, 0.1) is 11.3 Å². The lowest BCUT2D eigenvalue weighted by Crippen LogP contribution is -1.93. The largest absolute Gasteiger partial charge is 0.476 e. The third-order valence-electron chi connectivity index (χ3n) is 1.62. The average molecular weight is 190 g/mol. The minimum atomic E-state index is 0.0661. The second-order valence-electron chi connectivity index (χ2n) is 2.40. The van der Waals surface area contributed by atoms with Gasteiger partial charge in [0.05, 0.1) is 10.2 Å². The van der Waals surface area contributed by atoms with Gasteiger partial charge in [0, 0.05) is 0 Å². The lowest BCUT2D eigenvalue weighted by atomic mass is 10.3. The number of benzene rings is 1. The van der Waals surface area contributed by atoms with E-state index < -0.39 is 0 Å². The molecule has 0 saturated heterocycles. The van der Waals surface area contributed by atoms with Gasteiger partial charge < -0.3 is 4.74 Å². The van der Waals surface area contributed by atoms with Crippen molar-refractivity contribution in [2.45, 2.75) is 0 Å². The molecule has 1 heterocycles. The minimum Gasteiger partial charge on any atom is -0.476 e. The van der Waals surface area contributed by atoms with E-state index in [1.54, 1.807) is 16.8 Å². The van der Waals surface area contributed by atoms with Gasteiger partial charge in [-0.05, 0) is 12.1 Å².